The van der Waals surface area contributed by atoms with Crippen LogP contribution in [0.1, 0.15) is 17.8 Å². The van der Waals surface area contributed by atoms with Gasteiger partial charge in [-0.05, 0) is 31.7 Å². The fraction of sp³-hybridized carbons (Fsp3) is 0.400. The molecule has 0 amide bonds. The lowest BCUT2D eigenvalue weighted by Crippen LogP contribution is -2.22. The summed E-state index contributed by atoms with van der Waals surface area (Å²) in [5.41, 5.74) is 9.61. The molecule has 0 saturated carbocycles. The number of nitrogens with two attached hydrogens (primary N) is 1. The molecule has 0 bridgehead atoms. The highest BCUT2D eigenvalue weighted by molar-refractivity contribution is 5.57. The molecule has 0 aliphatic heterocycles. The third-order valence-electron chi connectivity index (χ3n) is 3.93. The number of hydrogen-bond donors (Lipinski definition) is 1. The van der Waals surface area contributed by atoms with Crippen molar-refractivity contribution in [2.75, 3.05) is 6.54 Å². The monoisotopic (exact) mass is 241 g/mol. The van der Waals surface area contributed by atoms with Crippen molar-refractivity contribution in [3.05, 3.63) is 41.7 Å². The molecule has 1 aromatic carbocycles. The predicted molar refractivity (Wildman–Crippen MR) is 73.2 cm³/mol. The first-order valence-electron chi connectivity index (χ1n) is 6.59. The Kier molecular flexibility index (Phi) is 2.92. The highest BCUT2D eigenvalue weighted by atomic mass is 15.1. The molecule has 1 unspecified atom stereocenters. The van der Waals surface area contributed by atoms with Crippen molar-refractivity contribution in [1.29, 1.82) is 0 Å². The predicted octanol–water partition coefficient (Wildman–Crippen LogP) is 2.15. The second-order valence-corrected chi connectivity index (χ2v) is 5.10. The van der Waals surface area contributed by atoms with Crippen molar-refractivity contribution in [1.82, 2.24) is 9.55 Å². The maximum absolute atomic E-state index is 5.78. The quantitative estimate of drug-likeness (QED) is 0.875. The number of aromatic nitrogens is 2. The second-order valence-electron chi connectivity index (χ2n) is 5.10. The largest absolute Gasteiger partial charge is 0.331 e. The lowest BCUT2D eigenvalue weighted by atomic mass is 9.90. The normalized spacial score (nSPS) is 18.7. The first-order chi connectivity index (χ1) is 8.79. The molecule has 2 aromatic rings. The third kappa shape index (κ3) is 1.85. The molecule has 18 heavy (non-hydrogen) atoms. The van der Waals surface area contributed by atoms with Crippen molar-refractivity contribution >= 4 is 0 Å². The van der Waals surface area contributed by atoms with Gasteiger partial charge in [0.2, 0.25) is 0 Å². The number of rotatable bonds is 2. The van der Waals surface area contributed by atoms with Crippen LogP contribution in [-0.4, -0.2) is 16.1 Å². The Morgan fingerprint density at radius 2 is 2.11 bits per heavy atom. The van der Waals surface area contributed by atoms with Gasteiger partial charge in [-0.25, -0.2) is 4.98 Å². The van der Waals surface area contributed by atoms with Gasteiger partial charge in [-0.3, -0.25) is 0 Å². The van der Waals surface area contributed by atoms with Crippen LogP contribution in [0.2, 0.25) is 0 Å². The molecule has 0 fully saturated rings. The minimum atomic E-state index is 0.607. The lowest BCUT2D eigenvalue weighted by molar-refractivity contribution is 0.456. The first-order valence-corrected chi connectivity index (χ1v) is 6.59. The van der Waals surface area contributed by atoms with E-state index in [1.165, 1.54) is 23.4 Å². The Balaban J connectivity index is 2.02. The van der Waals surface area contributed by atoms with E-state index in [1.54, 1.807) is 0 Å². The number of imidazole rings is 1. The van der Waals surface area contributed by atoms with Crippen LogP contribution in [0, 0.1) is 5.92 Å². The van der Waals surface area contributed by atoms with E-state index in [0.29, 0.717) is 5.92 Å². The van der Waals surface area contributed by atoms with E-state index in [0.717, 1.165) is 25.2 Å². The smallest absolute Gasteiger partial charge is 0.140 e. The van der Waals surface area contributed by atoms with Gasteiger partial charge in [-0.15, -0.1) is 0 Å². The van der Waals surface area contributed by atoms with Gasteiger partial charge in [-0.1, -0.05) is 30.3 Å². The Labute approximate surface area is 108 Å². The molecule has 1 aromatic heterocycles. The van der Waals surface area contributed by atoms with Crippen LogP contribution in [0.25, 0.3) is 11.4 Å². The maximum Gasteiger partial charge on any atom is 0.140 e. The Hall–Kier alpha value is -1.61. The van der Waals surface area contributed by atoms with Gasteiger partial charge in [0.1, 0.15) is 5.82 Å². The highest BCUT2D eigenvalue weighted by Crippen LogP contribution is 2.28. The van der Waals surface area contributed by atoms with Crippen LogP contribution < -0.4 is 5.73 Å². The Morgan fingerprint density at radius 1 is 1.33 bits per heavy atom. The summed E-state index contributed by atoms with van der Waals surface area (Å²) in [4.78, 5) is 4.83. The van der Waals surface area contributed by atoms with Crippen LogP contribution in [0.5, 0.6) is 0 Å². The molecule has 1 aliphatic rings. The minimum absolute atomic E-state index is 0.607. The highest BCUT2D eigenvalue weighted by Gasteiger charge is 2.23. The zero-order valence-electron chi connectivity index (χ0n) is 10.8. The van der Waals surface area contributed by atoms with Crippen LogP contribution in [0.15, 0.2) is 30.3 Å². The van der Waals surface area contributed by atoms with Crippen molar-refractivity contribution in [2.24, 2.45) is 18.7 Å². The second kappa shape index (κ2) is 4.58. The molecule has 0 radical (unpaired) electrons. The molecule has 1 atom stereocenters. The zero-order valence-corrected chi connectivity index (χ0v) is 10.8. The van der Waals surface area contributed by atoms with Crippen molar-refractivity contribution in [2.45, 2.75) is 19.3 Å². The van der Waals surface area contributed by atoms with Gasteiger partial charge in [0.05, 0.1) is 5.69 Å². The van der Waals surface area contributed by atoms with Crippen molar-refractivity contribution < 1.29 is 0 Å². The van der Waals surface area contributed by atoms with Crippen LogP contribution in [0.3, 0.4) is 0 Å². The van der Waals surface area contributed by atoms with Gasteiger partial charge in [0, 0.05) is 18.3 Å². The topological polar surface area (TPSA) is 43.8 Å². The van der Waals surface area contributed by atoms with Gasteiger partial charge < -0.3 is 10.3 Å². The summed E-state index contributed by atoms with van der Waals surface area (Å²) in [5.74, 6) is 1.69. The fourth-order valence-electron chi connectivity index (χ4n) is 2.83. The SMILES string of the molecule is Cn1c(-c2ccccc2)nc2c1CCC(CN)C2. The summed E-state index contributed by atoms with van der Waals surface area (Å²) >= 11 is 0. The first kappa shape index (κ1) is 11.5. The van der Waals surface area contributed by atoms with E-state index in [-0.39, 0.29) is 0 Å². The fourth-order valence-corrected chi connectivity index (χ4v) is 2.83. The van der Waals surface area contributed by atoms with Crippen molar-refractivity contribution in [3.8, 4) is 11.4 Å². The van der Waals surface area contributed by atoms with Gasteiger partial charge in [0.15, 0.2) is 0 Å². The molecule has 1 aliphatic carbocycles. The zero-order chi connectivity index (χ0) is 12.5. The van der Waals surface area contributed by atoms with E-state index in [1.807, 2.05) is 6.07 Å². The van der Waals surface area contributed by atoms with Gasteiger partial charge in [0.25, 0.3) is 0 Å². The summed E-state index contributed by atoms with van der Waals surface area (Å²) in [5, 5.41) is 0. The van der Waals surface area contributed by atoms with Crippen LogP contribution in [0.4, 0.5) is 0 Å². The molecule has 0 spiro atoms. The number of benzene rings is 1. The van der Waals surface area contributed by atoms with E-state index in [2.05, 4.69) is 35.9 Å². The van der Waals surface area contributed by atoms with E-state index in [4.69, 9.17) is 10.7 Å². The molecule has 3 heteroatoms. The molecule has 1 heterocycles. The molecule has 3 rings (SSSR count). The summed E-state index contributed by atoms with van der Waals surface area (Å²) in [7, 11) is 2.12. The third-order valence-corrected chi connectivity index (χ3v) is 3.93. The maximum atomic E-state index is 5.78. The molecule has 3 nitrogen and oxygen atoms in total. The summed E-state index contributed by atoms with van der Waals surface area (Å²) in [6.07, 6.45) is 3.33. The molecule has 2 N–H and O–H groups in total. The standard InChI is InChI=1S/C15H19N3/c1-18-14-8-7-11(10-16)9-13(14)17-15(18)12-5-3-2-4-6-12/h2-6,11H,7-10,16H2,1H3. The van der Waals surface area contributed by atoms with Crippen LogP contribution in [-0.2, 0) is 19.9 Å². The van der Waals surface area contributed by atoms with Gasteiger partial charge in [-0.2, -0.15) is 0 Å². The Morgan fingerprint density at radius 3 is 2.83 bits per heavy atom. The lowest BCUT2D eigenvalue weighted by Gasteiger charge is -2.20. The van der Waals surface area contributed by atoms with E-state index >= 15 is 0 Å². The van der Waals surface area contributed by atoms with Crippen LogP contribution >= 0.6 is 0 Å². The molecule has 0 saturated heterocycles. The number of hydrogen-bond acceptors (Lipinski definition) is 2. The summed E-state index contributed by atoms with van der Waals surface area (Å²) < 4.78 is 2.25. The van der Waals surface area contributed by atoms with Crippen molar-refractivity contribution in [3.63, 3.8) is 0 Å². The van der Waals surface area contributed by atoms with E-state index < -0.39 is 0 Å². The van der Waals surface area contributed by atoms with E-state index in [9.17, 15) is 0 Å². The minimum Gasteiger partial charge on any atom is -0.331 e. The molecule has 94 valence electrons. The number of nitrogens with zero attached hydrogens (tertiary/aromatic N) is 2. The van der Waals surface area contributed by atoms with Gasteiger partial charge >= 0.3 is 0 Å². The number of fused-ring (bicyclic) bond motifs is 1. The molecular formula is C15H19N3. The summed E-state index contributed by atoms with van der Waals surface area (Å²) in [6, 6.07) is 10.4. The average molecular weight is 241 g/mol. The summed E-state index contributed by atoms with van der Waals surface area (Å²) in [6.45, 7) is 0.774. The average Bonchev–Trinajstić information content (AvgIpc) is 2.76. The Bertz CT molecular complexity index is 542. The molecular weight excluding hydrogens is 222 g/mol.